The van der Waals surface area contributed by atoms with Gasteiger partial charge in [-0.1, -0.05) is 34.1 Å². The van der Waals surface area contributed by atoms with Crippen LogP contribution in [0, 0.1) is 5.41 Å². The zero-order valence-corrected chi connectivity index (χ0v) is 11.1. The van der Waals surface area contributed by atoms with Gasteiger partial charge in [0.1, 0.15) is 0 Å². The minimum Gasteiger partial charge on any atom is -0.388 e. The molecule has 16 heavy (non-hydrogen) atoms. The van der Waals surface area contributed by atoms with Gasteiger partial charge in [-0.2, -0.15) is 0 Å². The average Bonchev–Trinajstić information content (AvgIpc) is 2.21. The van der Waals surface area contributed by atoms with Gasteiger partial charge in [-0.15, -0.1) is 0 Å². The van der Waals surface area contributed by atoms with Crippen LogP contribution in [-0.2, 0) is 6.54 Å². The van der Waals surface area contributed by atoms with E-state index in [1.54, 1.807) is 0 Å². The highest BCUT2D eigenvalue weighted by Gasteiger charge is 2.03. The molecular weight excluding hydrogens is 266 g/mol. The Morgan fingerprint density at radius 2 is 2.12 bits per heavy atom. The van der Waals surface area contributed by atoms with Crippen molar-refractivity contribution < 1.29 is 0 Å². The van der Waals surface area contributed by atoms with Crippen LogP contribution in [0.2, 0.25) is 0 Å². The van der Waals surface area contributed by atoms with Crippen LogP contribution < -0.4 is 5.73 Å². The predicted octanol–water partition coefficient (Wildman–Crippen LogP) is 2.60. The van der Waals surface area contributed by atoms with Crippen molar-refractivity contribution in [2.75, 3.05) is 13.6 Å². The van der Waals surface area contributed by atoms with Gasteiger partial charge in [-0.3, -0.25) is 5.41 Å². The van der Waals surface area contributed by atoms with E-state index in [1.807, 2.05) is 12.1 Å². The van der Waals surface area contributed by atoms with Crippen LogP contribution in [-0.4, -0.2) is 24.3 Å². The van der Waals surface area contributed by atoms with E-state index in [0.29, 0.717) is 6.42 Å². The Balaban J connectivity index is 2.37. The smallest absolute Gasteiger partial charge is 0.0905 e. The molecule has 0 aliphatic carbocycles. The number of nitrogens with one attached hydrogen (secondary N) is 1. The largest absolute Gasteiger partial charge is 0.388 e. The van der Waals surface area contributed by atoms with Gasteiger partial charge in [0.15, 0.2) is 0 Å². The molecule has 88 valence electrons. The monoisotopic (exact) mass is 283 g/mol. The van der Waals surface area contributed by atoms with Gasteiger partial charge in [-0.05, 0) is 31.6 Å². The second-order valence-corrected chi connectivity index (χ2v) is 4.81. The van der Waals surface area contributed by atoms with E-state index in [4.69, 9.17) is 11.1 Å². The molecule has 1 aromatic carbocycles. The van der Waals surface area contributed by atoms with Gasteiger partial charge in [0.05, 0.1) is 5.84 Å². The molecule has 0 saturated carbocycles. The lowest BCUT2D eigenvalue weighted by Gasteiger charge is -2.17. The summed E-state index contributed by atoms with van der Waals surface area (Å²) in [6.45, 7) is 1.88. The Hall–Kier alpha value is -0.870. The quantitative estimate of drug-likeness (QED) is 0.623. The van der Waals surface area contributed by atoms with Gasteiger partial charge in [-0.25, -0.2) is 0 Å². The maximum absolute atomic E-state index is 7.15. The fraction of sp³-hybridized carbons (Fsp3) is 0.417. The summed E-state index contributed by atoms with van der Waals surface area (Å²) in [6, 6.07) is 8.23. The zero-order chi connectivity index (χ0) is 12.0. The van der Waals surface area contributed by atoms with Gasteiger partial charge in [0.25, 0.3) is 0 Å². The summed E-state index contributed by atoms with van der Waals surface area (Å²) >= 11 is 3.54. The summed E-state index contributed by atoms with van der Waals surface area (Å²) in [7, 11) is 2.08. The highest BCUT2D eigenvalue weighted by Crippen LogP contribution is 2.17. The lowest BCUT2D eigenvalue weighted by molar-refractivity contribution is 0.323. The number of nitrogens with zero attached hydrogens (tertiary/aromatic N) is 1. The molecule has 4 heteroatoms. The van der Waals surface area contributed by atoms with Gasteiger partial charge >= 0.3 is 0 Å². The molecule has 0 aliphatic heterocycles. The molecule has 1 aromatic rings. The van der Waals surface area contributed by atoms with E-state index in [0.717, 1.165) is 24.0 Å². The maximum atomic E-state index is 7.15. The molecule has 0 fully saturated rings. The van der Waals surface area contributed by atoms with Crippen molar-refractivity contribution in [1.82, 2.24) is 4.90 Å². The first-order valence-electron chi connectivity index (χ1n) is 5.34. The number of amidine groups is 1. The molecule has 3 N–H and O–H groups in total. The lowest BCUT2D eigenvalue weighted by atomic mass is 10.2. The Morgan fingerprint density at radius 1 is 1.44 bits per heavy atom. The third kappa shape index (κ3) is 4.77. The molecule has 0 aliphatic rings. The summed E-state index contributed by atoms with van der Waals surface area (Å²) in [5.74, 6) is 0.272. The second-order valence-electron chi connectivity index (χ2n) is 3.96. The molecule has 0 spiro atoms. The van der Waals surface area contributed by atoms with Crippen LogP contribution in [0.15, 0.2) is 28.7 Å². The van der Waals surface area contributed by atoms with Gasteiger partial charge in [0, 0.05) is 17.4 Å². The predicted molar refractivity (Wildman–Crippen MR) is 71.6 cm³/mol. The minimum absolute atomic E-state index is 0.272. The molecule has 0 amide bonds. The van der Waals surface area contributed by atoms with Crippen LogP contribution in [0.4, 0.5) is 0 Å². The van der Waals surface area contributed by atoms with Crippen LogP contribution in [0.3, 0.4) is 0 Å². The number of nitrogens with two attached hydrogens (primary N) is 1. The number of benzene rings is 1. The molecule has 0 heterocycles. The normalized spacial score (nSPS) is 10.7. The first-order valence-corrected chi connectivity index (χ1v) is 6.13. The molecular formula is C12H18BrN3. The molecule has 0 radical (unpaired) electrons. The number of rotatable bonds is 6. The topological polar surface area (TPSA) is 53.1 Å². The summed E-state index contributed by atoms with van der Waals surface area (Å²) in [5.41, 5.74) is 6.60. The lowest BCUT2D eigenvalue weighted by Crippen LogP contribution is -2.21. The minimum atomic E-state index is 0.272. The van der Waals surface area contributed by atoms with Crippen molar-refractivity contribution in [3.8, 4) is 0 Å². The fourth-order valence-electron chi connectivity index (χ4n) is 1.54. The van der Waals surface area contributed by atoms with E-state index in [-0.39, 0.29) is 5.84 Å². The highest BCUT2D eigenvalue weighted by atomic mass is 79.9. The van der Waals surface area contributed by atoms with Crippen molar-refractivity contribution in [2.24, 2.45) is 5.73 Å². The van der Waals surface area contributed by atoms with Crippen molar-refractivity contribution in [3.63, 3.8) is 0 Å². The first-order chi connectivity index (χ1) is 7.59. The number of halogens is 1. The van der Waals surface area contributed by atoms with Gasteiger partial charge in [0.2, 0.25) is 0 Å². The standard InChI is InChI=1S/C12H18BrN3/c1-16(8-4-7-12(14)15)9-10-5-2-3-6-11(10)13/h2-3,5-6H,4,7-9H2,1H3,(H3,14,15). The van der Waals surface area contributed by atoms with Crippen molar-refractivity contribution in [2.45, 2.75) is 19.4 Å². The summed E-state index contributed by atoms with van der Waals surface area (Å²) < 4.78 is 1.15. The highest BCUT2D eigenvalue weighted by molar-refractivity contribution is 9.10. The molecule has 0 saturated heterocycles. The van der Waals surface area contributed by atoms with E-state index in [9.17, 15) is 0 Å². The van der Waals surface area contributed by atoms with E-state index in [1.165, 1.54) is 5.56 Å². The van der Waals surface area contributed by atoms with Crippen LogP contribution in [0.5, 0.6) is 0 Å². The summed E-state index contributed by atoms with van der Waals surface area (Å²) in [6.07, 6.45) is 1.62. The Labute approximate surface area is 105 Å². The second kappa shape index (κ2) is 6.66. The number of hydrogen-bond acceptors (Lipinski definition) is 2. The van der Waals surface area contributed by atoms with Crippen molar-refractivity contribution in [3.05, 3.63) is 34.3 Å². The Morgan fingerprint density at radius 3 is 2.75 bits per heavy atom. The Kier molecular flexibility index (Phi) is 5.49. The van der Waals surface area contributed by atoms with Crippen LogP contribution in [0.25, 0.3) is 0 Å². The SMILES string of the molecule is CN(CCCC(=N)N)Cc1ccccc1Br. The van der Waals surface area contributed by atoms with E-state index in [2.05, 4.69) is 40.0 Å². The van der Waals surface area contributed by atoms with Crippen LogP contribution >= 0.6 is 15.9 Å². The zero-order valence-electron chi connectivity index (χ0n) is 9.54. The third-order valence-corrected chi connectivity index (χ3v) is 3.16. The van der Waals surface area contributed by atoms with Gasteiger partial charge < -0.3 is 10.6 Å². The fourth-order valence-corrected chi connectivity index (χ4v) is 1.95. The molecule has 0 atom stereocenters. The van der Waals surface area contributed by atoms with Crippen molar-refractivity contribution >= 4 is 21.8 Å². The summed E-state index contributed by atoms with van der Waals surface area (Å²) in [5, 5.41) is 7.15. The van der Waals surface area contributed by atoms with Crippen molar-refractivity contribution in [1.29, 1.82) is 5.41 Å². The first kappa shape index (κ1) is 13.2. The molecule has 0 bridgehead atoms. The molecule has 0 aromatic heterocycles. The van der Waals surface area contributed by atoms with E-state index < -0.39 is 0 Å². The Bertz CT molecular complexity index is 352. The molecule has 3 nitrogen and oxygen atoms in total. The molecule has 0 unspecified atom stereocenters. The van der Waals surface area contributed by atoms with E-state index >= 15 is 0 Å². The average molecular weight is 284 g/mol. The number of hydrogen-bond donors (Lipinski definition) is 2. The molecule has 1 rings (SSSR count). The van der Waals surface area contributed by atoms with Crippen LogP contribution in [0.1, 0.15) is 18.4 Å². The maximum Gasteiger partial charge on any atom is 0.0905 e. The summed E-state index contributed by atoms with van der Waals surface area (Å²) in [4.78, 5) is 2.24. The third-order valence-electron chi connectivity index (χ3n) is 2.38.